The van der Waals surface area contributed by atoms with Crippen molar-refractivity contribution in [3.8, 4) is 0 Å². The van der Waals surface area contributed by atoms with Crippen molar-refractivity contribution in [1.82, 2.24) is 15.3 Å². The van der Waals surface area contributed by atoms with E-state index in [0.29, 0.717) is 35.8 Å². The quantitative estimate of drug-likeness (QED) is 0.522. The van der Waals surface area contributed by atoms with Crippen LogP contribution in [0.5, 0.6) is 0 Å². The molecule has 3 atom stereocenters. The monoisotopic (exact) mass is 486 g/mol. The first-order valence-corrected chi connectivity index (χ1v) is 12.3. The molecule has 3 aromatic heterocycles. The molecule has 5 rings (SSSR count). The lowest BCUT2D eigenvalue weighted by Crippen LogP contribution is -2.39. The van der Waals surface area contributed by atoms with Crippen LogP contribution >= 0.6 is 11.3 Å². The molecule has 0 spiro atoms. The minimum atomic E-state index is -2.43. The third kappa shape index (κ3) is 4.09. The van der Waals surface area contributed by atoms with Crippen molar-refractivity contribution in [2.24, 2.45) is 11.7 Å². The number of aryl methyl sites for hydroxylation is 3. The SMILES string of the molecule is Cc1cc(C)c2c(N)c(C(=O)NC3CCc4nc(N5CC(N)C(C(F)F)C5)ccc4C3)sc2n1. The van der Waals surface area contributed by atoms with E-state index in [2.05, 4.69) is 10.3 Å². The van der Waals surface area contributed by atoms with E-state index in [1.165, 1.54) is 11.3 Å². The number of thiophene rings is 1. The van der Waals surface area contributed by atoms with E-state index in [1.54, 1.807) is 0 Å². The van der Waals surface area contributed by atoms with Crippen molar-refractivity contribution in [1.29, 1.82) is 0 Å². The second kappa shape index (κ2) is 8.74. The molecule has 0 bridgehead atoms. The Morgan fingerprint density at radius 3 is 2.79 bits per heavy atom. The van der Waals surface area contributed by atoms with Gasteiger partial charge >= 0.3 is 0 Å². The van der Waals surface area contributed by atoms with Crippen LogP contribution in [-0.2, 0) is 12.8 Å². The number of carbonyl (C=O) groups is 1. The van der Waals surface area contributed by atoms with Gasteiger partial charge in [0.15, 0.2) is 0 Å². The summed E-state index contributed by atoms with van der Waals surface area (Å²) in [6.07, 6.45) is -0.320. The number of hydrogen-bond donors (Lipinski definition) is 3. The summed E-state index contributed by atoms with van der Waals surface area (Å²) in [6, 6.07) is 5.24. The maximum Gasteiger partial charge on any atom is 0.263 e. The molecule has 2 aliphatic rings. The van der Waals surface area contributed by atoms with E-state index >= 15 is 0 Å². The van der Waals surface area contributed by atoms with E-state index in [0.717, 1.165) is 39.2 Å². The third-order valence-corrected chi connectivity index (χ3v) is 7.97. The van der Waals surface area contributed by atoms with E-state index in [4.69, 9.17) is 16.5 Å². The van der Waals surface area contributed by atoms with Crippen LogP contribution in [0.3, 0.4) is 0 Å². The van der Waals surface area contributed by atoms with Crippen molar-refractivity contribution in [2.75, 3.05) is 23.7 Å². The largest absolute Gasteiger partial charge is 0.397 e. The average molecular weight is 487 g/mol. The van der Waals surface area contributed by atoms with Crippen LogP contribution in [-0.4, -0.2) is 47.5 Å². The third-order valence-electron chi connectivity index (χ3n) is 6.88. The molecule has 10 heteroatoms. The van der Waals surface area contributed by atoms with E-state index < -0.39 is 18.4 Å². The summed E-state index contributed by atoms with van der Waals surface area (Å²) in [7, 11) is 0. The number of pyridine rings is 2. The fraction of sp³-hybridized carbons (Fsp3) is 0.458. The van der Waals surface area contributed by atoms with E-state index in [9.17, 15) is 13.6 Å². The van der Waals surface area contributed by atoms with Gasteiger partial charge in [-0.3, -0.25) is 4.79 Å². The molecule has 7 nitrogen and oxygen atoms in total. The van der Waals surface area contributed by atoms with Gasteiger partial charge in [0.25, 0.3) is 5.91 Å². The van der Waals surface area contributed by atoms with Gasteiger partial charge in [0, 0.05) is 41.9 Å². The Kier molecular flexibility index (Phi) is 5.89. The molecule has 1 saturated heterocycles. The second-order valence-corrected chi connectivity index (χ2v) is 10.4. The smallest absolute Gasteiger partial charge is 0.263 e. The minimum Gasteiger partial charge on any atom is -0.397 e. The fourth-order valence-corrected chi connectivity index (χ4v) is 6.22. The Labute approximate surface area is 200 Å². The molecule has 180 valence electrons. The van der Waals surface area contributed by atoms with Crippen molar-refractivity contribution in [3.63, 3.8) is 0 Å². The summed E-state index contributed by atoms with van der Waals surface area (Å²) in [6.45, 7) is 4.50. The molecule has 1 aliphatic heterocycles. The van der Waals surface area contributed by atoms with Gasteiger partial charge in [-0.2, -0.15) is 0 Å². The number of fused-ring (bicyclic) bond motifs is 2. The molecule has 4 heterocycles. The lowest BCUT2D eigenvalue weighted by atomic mass is 9.91. The molecule has 0 saturated carbocycles. The highest BCUT2D eigenvalue weighted by atomic mass is 32.1. The zero-order chi connectivity index (χ0) is 24.1. The highest BCUT2D eigenvalue weighted by Crippen LogP contribution is 2.35. The number of hydrogen-bond acceptors (Lipinski definition) is 7. The molecule has 5 N–H and O–H groups in total. The Bertz CT molecular complexity index is 1260. The van der Waals surface area contributed by atoms with Gasteiger partial charge in [0.1, 0.15) is 15.5 Å². The molecule has 3 aromatic rings. The normalized spacial score (nSPS) is 22.4. The van der Waals surface area contributed by atoms with Crippen molar-refractivity contribution < 1.29 is 13.6 Å². The number of rotatable bonds is 4. The van der Waals surface area contributed by atoms with Gasteiger partial charge in [-0.1, -0.05) is 6.07 Å². The van der Waals surface area contributed by atoms with Gasteiger partial charge < -0.3 is 21.7 Å². The van der Waals surface area contributed by atoms with Gasteiger partial charge in [0.2, 0.25) is 6.43 Å². The van der Waals surface area contributed by atoms with Crippen LogP contribution in [0.2, 0.25) is 0 Å². The van der Waals surface area contributed by atoms with Crippen molar-refractivity contribution in [3.05, 3.63) is 45.6 Å². The molecule has 34 heavy (non-hydrogen) atoms. The maximum atomic E-state index is 13.2. The van der Waals surface area contributed by atoms with Crippen molar-refractivity contribution >= 4 is 39.0 Å². The summed E-state index contributed by atoms with van der Waals surface area (Å²) in [5.41, 5.74) is 16.6. The first-order chi connectivity index (χ1) is 16.2. The highest BCUT2D eigenvalue weighted by Gasteiger charge is 2.37. The molecular formula is C24H28F2N6OS. The van der Waals surface area contributed by atoms with Crippen LogP contribution in [0.25, 0.3) is 10.2 Å². The van der Waals surface area contributed by atoms with Crippen LogP contribution in [0.1, 0.15) is 38.6 Å². The molecule has 3 unspecified atom stereocenters. The molecule has 1 fully saturated rings. The summed E-state index contributed by atoms with van der Waals surface area (Å²) >= 11 is 1.32. The number of alkyl halides is 2. The second-order valence-electron chi connectivity index (χ2n) is 9.36. The summed E-state index contributed by atoms with van der Waals surface area (Å²) in [4.78, 5) is 25.4. The van der Waals surface area contributed by atoms with Crippen LogP contribution in [0, 0.1) is 19.8 Å². The van der Waals surface area contributed by atoms with Gasteiger partial charge in [0.05, 0.1) is 11.6 Å². The van der Waals surface area contributed by atoms with Gasteiger partial charge in [-0.15, -0.1) is 11.3 Å². The lowest BCUT2D eigenvalue weighted by Gasteiger charge is -2.26. The standard InChI is InChI=1S/C24H28F2N6OS/c1-11-7-12(2)29-24-19(11)20(28)21(34-24)23(33)30-14-4-5-17-13(8-14)3-6-18(31-17)32-9-15(22(25)26)16(27)10-32/h3,6-7,14-16,22H,4-5,8-10,27-28H2,1-2H3,(H,30,33). The molecule has 1 amide bonds. The number of nitrogen functional groups attached to an aromatic ring is 1. The topological polar surface area (TPSA) is 110 Å². The number of aromatic nitrogens is 2. The Morgan fingerprint density at radius 1 is 1.26 bits per heavy atom. The van der Waals surface area contributed by atoms with Gasteiger partial charge in [-0.25, -0.2) is 18.7 Å². The van der Waals surface area contributed by atoms with E-state index in [-0.39, 0.29) is 18.5 Å². The summed E-state index contributed by atoms with van der Waals surface area (Å²) < 4.78 is 26.3. The fourth-order valence-electron chi connectivity index (χ4n) is 5.10. The summed E-state index contributed by atoms with van der Waals surface area (Å²) in [5, 5.41) is 3.98. The Balaban J connectivity index is 1.29. The maximum absolute atomic E-state index is 13.2. The summed E-state index contributed by atoms with van der Waals surface area (Å²) in [5.74, 6) is -0.322. The first kappa shape index (κ1) is 22.9. The van der Waals surface area contributed by atoms with Crippen LogP contribution < -0.4 is 21.7 Å². The number of nitrogens with one attached hydrogen (secondary N) is 1. The first-order valence-electron chi connectivity index (χ1n) is 11.5. The number of amides is 1. The molecule has 1 aliphatic carbocycles. The zero-order valence-electron chi connectivity index (χ0n) is 19.1. The van der Waals surface area contributed by atoms with E-state index in [1.807, 2.05) is 36.9 Å². The number of anilines is 2. The zero-order valence-corrected chi connectivity index (χ0v) is 20.0. The number of nitrogens with zero attached hydrogens (tertiary/aromatic N) is 3. The predicted molar refractivity (Wildman–Crippen MR) is 131 cm³/mol. The van der Waals surface area contributed by atoms with Crippen molar-refractivity contribution in [2.45, 2.75) is 51.6 Å². The molecule has 0 radical (unpaired) electrons. The Morgan fingerprint density at radius 2 is 2.06 bits per heavy atom. The number of carbonyl (C=O) groups excluding carboxylic acids is 1. The average Bonchev–Trinajstić information content (AvgIpc) is 3.33. The van der Waals surface area contributed by atoms with Crippen LogP contribution in [0.4, 0.5) is 20.3 Å². The molecular weight excluding hydrogens is 458 g/mol. The highest BCUT2D eigenvalue weighted by molar-refractivity contribution is 7.21. The minimum absolute atomic E-state index is 0.0310. The van der Waals surface area contributed by atoms with Gasteiger partial charge in [-0.05, 0) is 56.4 Å². The lowest BCUT2D eigenvalue weighted by molar-refractivity contribution is 0.0804. The number of nitrogens with two attached hydrogens (primary N) is 2. The Hall–Kier alpha value is -2.85. The van der Waals surface area contributed by atoms with Crippen LogP contribution in [0.15, 0.2) is 18.2 Å². The molecule has 0 aromatic carbocycles. The number of halogens is 2. The predicted octanol–water partition coefficient (Wildman–Crippen LogP) is 3.21.